The van der Waals surface area contributed by atoms with Crippen LogP contribution in [0.5, 0.6) is 0 Å². The van der Waals surface area contributed by atoms with E-state index in [1.54, 1.807) is 13.8 Å². The van der Waals surface area contributed by atoms with E-state index in [0.29, 0.717) is 0 Å². The van der Waals surface area contributed by atoms with Gasteiger partial charge in [-0.1, -0.05) is 0 Å². The number of esters is 1. The highest BCUT2D eigenvalue weighted by molar-refractivity contribution is 7.54. The molecule has 0 N–H and O–H groups in total. The van der Waals surface area contributed by atoms with E-state index < -0.39 is 30.9 Å². The summed E-state index contributed by atoms with van der Waals surface area (Å²) in [5, 5.41) is 0. The van der Waals surface area contributed by atoms with Crippen molar-refractivity contribution in [3.05, 3.63) is 0 Å². The molecule has 7 heteroatoms. The Labute approximate surface area is 108 Å². The highest BCUT2D eigenvalue weighted by Gasteiger charge is 2.41. The number of hydrogen-bond acceptors (Lipinski definition) is 6. The normalized spacial score (nSPS) is 12.6. The lowest BCUT2D eigenvalue weighted by atomic mass is 9.89. The van der Waals surface area contributed by atoms with Crippen molar-refractivity contribution in [3.63, 3.8) is 0 Å². The molecule has 0 aromatic carbocycles. The summed E-state index contributed by atoms with van der Waals surface area (Å²) in [6, 6.07) is 0. The summed E-state index contributed by atoms with van der Waals surface area (Å²) in [5.74, 6) is -1.19. The molecule has 0 bridgehead atoms. The van der Waals surface area contributed by atoms with Crippen molar-refractivity contribution in [2.45, 2.75) is 33.8 Å². The van der Waals surface area contributed by atoms with Gasteiger partial charge in [0.2, 0.25) is 0 Å². The first-order valence-corrected chi connectivity index (χ1v) is 7.26. The van der Waals surface area contributed by atoms with E-state index in [1.807, 2.05) is 0 Å². The number of Topliss-reactive ketones (excluding diaryl/α,β-unsaturated/α-hetero) is 1. The van der Waals surface area contributed by atoms with Crippen LogP contribution in [0.15, 0.2) is 0 Å². The zero-order valence-corrected chi connectivity index (χ0v) is 12.6. The third-order valence-electron chi connectivity index (χ3n) is 2.44. The molecule has 0 aromatic heterocycles. The lowest BCUT2D eigenvalue weighted by Gasteiger charge is -2.24. The van der Waals surface area contributed by atoms with E-state index in [4.69, 9.17) is 4.74 Å². The molecule has 0 fully saturated rings. The molecular weight excluding hydrogens is 259 g/mol. The maximum absolute atomic E-state index is 12.0. The van der Waals surface area contributed by atoms with Crippen molar-refractivity contribution in [3.8, 4) is 0 Å². The Kier molecular flexibility index (Phi) is 6.20. The Morgan fingerprint density at radius 3 is 1.94 bits per heavy atom. The molecule has 0 heterocycles. The number of carbonyl (C=O) groups is 2. The van der Waals surface area contributed by atoms with E-state index in [-0.39, 0.29) is 6.10 Å². The average Bonchev–Trinajstić information content (AvgIpc) is 2.27. The van der Waals surface area contributed by atoms with Crippen LogP contribution in [0.1, 0.15) is 27.7 Å². The third-order valence-corrected chi connectivity index (χ3v) is 4.23. The van der Waals surface area contributed by atoms with Gasteiger partial charge < -0.3 is 13.8 Å². The first kappa shape index (κ1) is 17.3. The van der Waals surface area contributed by atoms with Gasteiger partial charge >= 0.3 is 13.6 Å². The fraction of sp³-hybridized carbons (Fsp3) is 0.818. The van der Waals surface area contributed by atoms with E-state index in [2.05, 4.69) is 9.05 Å². The van der Waals surface area contributed by atoms with Crippen molar-refractivity contribution in [2.75, 3.05) is 20.4 Å². The predicted molar refractivity (Wildman–Crippen MR) is 66.5 cm³/mol. The van der Waals surface area contributed by atoms with E-state index in [9.17, 15) is 14.2 Å². The van der Waals surface area contributed by atoms with Gasteiger partial charge in [0.15, 0.2) is 5.78 Å². The second-order valence-corrected chi connectivity index (χ2v) is 6.90. The van der Waals surface area contributed by atoms with Crippen molar-refractivity contribution in [2.24, 2.45) is 5.41 Å². The second kappa shape index (κ2) is 6.45. The number of carbonyl (C=O) groups excluding carboxylic acids is 2. The summed E-state index contributed by atoms with van der Waals surface area (Å²) < 4.78 is 26.2. The van der Waals surface area contributed by atoms with E-state index >= 15 is 0 Å². The van der Waals surface area contributed by atoms with Crippen LogP contribution in [-0.2, 0) is 27.9 Å². The summed E-state index contributed by atoms with van der Waals surface area (Å²) in [5.41, 5.74) is -1.38. The van der Waals surface area contributed by atoms with Crippen molar-refractivity contribution in [1.82, 2.24) is 0 Å². The highest BCUT2D eigenvalue weighted by atomic mass is 31.2. The summed E-state index contributed by atoms with van der Waals surface area (Å²) >= 11 is 0. The molecule has 0 amide bonds. The molecule has 0 rings (SSSR count). The molecule has 0 aliphatic carbocycles. The zero-order chi connectivity index (χ0) is 14.6. The third kappa shape index (κ3) is 4.52. The Balaban J connectivity index is 4.86. The van der Waals surface area contributed by atoms with Crippen molar-refractivity contribution >= 4 is 19.3 Å². The summed E-state index contributed by atoms with van der Waals surface area (Å²) in [4.78, 5) is 23.8. The summed E-state index contributed by atoms with van der Waals surface area (Å²) in [6.45, 7) is 6.23. The Morgan fingerprint density at radius 1 is 1.17 bits per heavy atom. The van der Waals surface area contributed by atoms with Crippen molar-refractivity contribution < 1.29 is 27.9 Å². The van der Waals surface area contributed by atoms with Gasteiger partial charge in [-0.25, -0.2) is 0 Å². The van der Waals surface area contributed by atoms with Gasteiger partial charge in [-0.05, 0) is 27.7 Å². The molecule has 0 radical (unpaired) electrons. The van der Waals surface area contributed by atoms with Crippen LogP contribution in [0.4, 0.5) is 0 Å². The molecule has 0 saturated heterocycles. The van der Waals surface area contributed by atoms with Crippen LogP contribution in [-0.4, -0.2) is 38.2 Å². The molecule has 106 valence electrons. The topological polar surface area (TPSA) is 78.9 Å². The lowest BCUT2D eigenvalue weighted by molar-refractivity contribution is -0.161. The first-order chi connectivity index (χ1) is 8.09. The minimum Gasteiger partial charge on any atom is -0.462 e. The fourth-order valence-corrected chi connectivity index (χ4v) is 2.21. The van der Waals surface area contributed by atoms with Crippen LogP contribution in [0.2, 0.25) is 0 Å². The molecule has 0 aliphatic rings. The fourth-order valence-electron chi connectivity index (χ4n) is 1.05. The van der Waals surface area contributed by atoms with Crippen LogP contribution in [0, 0.1) is 5.41 Å². The predicted octanol–water partition coefficient (Wildman–Crippen LogP) is 2.02. The Morgan fingerprint density at radius 2 is 1.61 bits per heavy atom. The first-order valence-electron chi connectivity index (χ1n) is 5.54. The molecule has 0 unspecified atom stereocenters. The van der Waals surface area contributed by atoms with E-state index in [0.717, 1.165) is 0 Å². The van der Waals surface area contributed by atoms with Gasteiger partial charge in [0.1, 0.15) is 11.6 Å². The SMILES string of the molecule is COP(=O)(CC(=O)C(C)(C)C(=O)OC(C)C)OC. The quantitative estimate of drug-likeness (QED) is 0.403. The largest absolute Gasteiger partial charge is 0.462 e. The molecule has 0 saturated carbocycles. The van der Waals surface area contributed by atoms with Gasteiger partial charge in [0.05, 0.1) is 6.10 Å². The number of ketones is 1. The van der Waals surface area contributed by atoms with Gasteiger partial charge in [-0.3, -0.25) is 14.2 Å². The summed E-state index contributed by atoms with van der Waals surface area (Å²) in [7, 11) is -1.08. The molecule has 0 atom stereocenters. The number of ether oxygens (including phenoxy) is 1. The van der Waals surface area contributed by atoms with E-state index in [1.165, 1.54) is 28.1 Å². The molecule has 6 nitrogen and oxygen atoms in total. The summed E-state index contributed by atoms with van der Waals surface area (Å²) in [6.07, 6.45) is -0.776. The minimum atomic E-state index is -3.46. The van der Waals surface area contributed by atoms with Crippen LogP contribution < -0.4 is 0 Å². The minimum absolute atomic E-state index is 0.318. The van der Waals surface area contributed by atoms with Crippen LogP contribution in [0.3, 0.4) is 0 Å². The molecule has 0 spiro atoms. The molecule has 0 aromatic rings. The van der Waals surface area contributed by atoms with Crippen LogP contribution in [0.25, 0.3) is 0 Å². The average molecular weight is 280 g/mol. The number of rotatable bonds is 7. The Hall–Kier alpha value is -0.710. The lowest BCUT2D eigenvalue weighted by Crippen LogP contribution is -2.38. The smallest absolute Gasteiger partial charge is 0.337 e. The van der Waals surface area contributed by atoms with Gasteiger partial charge in [0.25, 0.3) is 0 Å². The second-order valence-electron chi connectivity index (χ2n) is 4.64. The maximum atomic E-state index is 12.0. The van der Waals surface area contributed by atoms with Crippen LogP contribution >= 0.6 is 7.60 Å². The highest BCUT2D eigenvalue weighted by Crippen LogP contribution is 2.47. The van der Waals surface area contributed by atoms with Crippen molar-refractivity contribution in [1.29, 1.82) is 0 Å². The molecule has 0 aliphatic heterocycles. The molecular formula is C11H21O6P. The standard InChI is InChI=1S/C11H21O6P/c1-8(2)17-10(13)11(3,4)9(12)7-18(14,15-5)16-6/h8H,7H2,1-6H3. The van der Waals surface area contributed by atoms with Gasteiger partial charge in [-0.2, -0.15) is 0 Å². The Bertz CT molecular complexity index is 353. The zero-order valence-electron chi connectivity index (χ0n) is 11.7. The van der Waals surface area contributed by atoms with Gasteiger partial charge in [0, 0.05) is 14.2 Å². The maximum Gasteiger partial charge on any atom is 0.337 e. The number of hydrogen-bond donors (Lipinski definition) is 0. The molecule has 18 heavy (non-hydrogen) atoms. The monoisotopic (exact) mass is 280 g/mol. The van der Waals surface area contributed by atoms with Gasteiger partial charge in [-0.15, -0.1) is 0 Å².